The van der Waals surface area contributed by atoms with Gasteiger partial charge in [-0.05, 0) is 36.5 Å². The van der Waals surface area contributed by atoms with Crippen molar-refractivity contribution >= 4 is 15.9 Å². The van der Waals surface area contributed by atoms with E-state index >= 15 is 0 Å². The number of nitrogens with two attached hydrogens (primary N) is 1. The van der Waals surface area contributed by atoms with E-state index in [0.29, 0.717) is 12.5 Å². The molecule has 0 aliphatic heterocycles. The van der Waals surface area contributed by atoms with E-state index in [1.807, 2.05) is 12.1 Å². The van der Waals surface area contributed by atoms with Crippen molar-refractivity contribution in [2.24, 2.45) is 11.7 Å². The monoisotopic (exact) mass is 311 g/mol. The molecule has 0 saturated heterocycles. The first-order valence-corrected chi connectivity index (χ1v) is 7.65. The Balaban J connectivity index is 2.09. The van der Waals surface area contributed by atoms with Gasteiger partial charge in [-0.2, -0.15) is 0 Å². The molecule has 2 atom stereocenters. The molecule has 3 N–H and O–H groups in total. The predicted molar refractivity (Wildman–Crippen MR) is 78.5 cm³/mol. The van der Waals surface area contributed by atoms with E-state index in [2.05, 4.69) is 28.1 Å². The molecule has 1 saturated carbocycles. The summed E-state index contributed by atoms with van der Waals surface area (Å²) in [6.07, 6.45) is 5.81. The van der Waals surface area contributed by atoms with Gasteiger partial charge < -0.3 is 10.8 Å². The minimum atomic E-state index is -0.295. The average Bonchev–Trinajstić information content (AvgIpc) is 2.42. The van der Waals surface area contributed by atoms with Gasteiger partial charge in [0, 0.05) is 16.9 Å². The highest BCUT2D eigenvalue weighted by atomic mass is 79.9. The Bertz CT molecular complexity index is 359. The van der Waals surface area contributed by atoms with Gasteiger partial charge in [0.05, 0.1) is 6.10 Å². The number of rotatable bonds is 4. The molecule has 0 radical (unpaired) electrons. The van der Waals surface area contributed by atoms with Gasteiger partial charge in [-0.1, -0.05) is 47.3 Å². The second-order valence-electron chi connectivity index (χ2n) is 5.28. The first-order valence-electron chi connectivity index (χ1n) is 6.86. The van der Waals surface area contributed by atoms with Crippen LogP contribution in [0.2, 0.25) is 0 Å². The van der Waals surface area contributed by atoms with Crippen LogP contribution in [0.1, 0.15) is 43.6 Å². The summed E-state index contributed by atoms with van der Waals surface area (Å²) in [6.45, 7) is 0.513. The normalized spacial score (nSPS) is 20.6. The van der Waals surface area contributed by atoms with Crippen LogP contribution < -0.4 is 5.73 Å². The van der Waals surface area contributed by atoms with Crippen LogP contribution in [0.3, 0.4) is 0 Å². The van der Waals surface area contributed by atoms with Crippen molar-refractivity contribution in [2.45, 2.75) is 44.1 Å². The summed E-state index contributed by atoms with van der Waals surface area (Å²) in [6, 6.07) is 8.17. The molecule has 0 aromatic heterocycles. The zero-order valence-corrected chi connectivity index (χ0v) is 12.3. The number of hydrogen-bond acceptors (Lipinski definition) is 2. The Labute approximate surface area is 118 Å². The van der Waals surface area contributed by atoms with Crippen molar-refractivity contribution in [1.82, 2.24) is 0 Å². The van der Waals surface area contributed by atoms with Crippen molar-refractivity contribution in [2.75, 3.05) is 6.54 Å². The van der Waals surface area contributed by atoms with Crippen molar-refractivity contribution in [1.29, 1.82) is 0 Å². The van der Waals surface area contributed by atoms with E-state index in [1.165, 1.54) is 19.3 Å². The molecule has 2 rings (SSSR count). The van der Waals surface area contributed by atoms with Crippen LogP contribution in [-0.2, 0) is 0 Å². The quantitative estimate of drug-likeness (QED) is 0.895. The van der Waals surface area contributed by atoms with E-state index in [0.717, 1.165) is 22.9 Å². The molecule has 0 amide bonds. The van der Waals surface area contributed by atoms with Crippen molar-refractivity contribution in [3.05, 3.63) is 34.3 Å². The van der Waals surface area contributed by atoms with Gasteiger partial charge in [0.1, 0.15) is 0 Å². The maximum Gasteiger partial charge on any atom is 0.0648 e. The van der Waals surface area contributed by atoms with Crippen LogP contribution in [-0.4, -0.2) is 17.8 Å². The second kappa shape index (κ2) is 6.69. The molecule has 0 bridgehead atoms. The number of aliphatic hydroxyl groups excluding tert-OH is 1. The third-order valence-electron chi connectivity index (χ3n) is 4.10. The van der Waals surface area contributed by atoms with Crippen molar-refractivity contribution < 1.29 is 5.11 Å². The zero-order chi connectivity index (χ0) is 13.0. The van der Waals surface area contributed by atoms with E-state index in [9.17, 15) is 5.11 Å². The number of benzene rings is 1. The summed E-state index contributed by atoms with van der Waals surface area (Å²) in [7, 11) is 0. The summed E-state index contributed by atoms with van der Waals surface area (Å²) in [5.41, 5.74) is 7.03. The summed E-state index contributed by atoms with van der Waals surface area (Å²) in [5, 5.41) is 10.6. The number of halogens is 1. The van der Waals surface area contributed by atoms with E-state index in [4.69, 9.17) is 5.73 Å². The lowest BCUT2D eigenvalue weighted by molar-refractivity contribution is 0.0624. The molecule has 1 fully saturated rings. The van der Waals surface area contributed by atoms with Crippen LogP contribution in [0.4, 0.5) is 0 Å². The first kappa shape index (κ1) is 14.0. The smallest absolute Gasteiger partial charge is 0.0648 e. The Morgan fingerprint density at radius 3 is 2.33 bits per heavy atom. The largest absolute Gasteiger partial charge is 0.392 e. The van der Waals surface area contributed by atoms with Gasteiger partial charge in [-0.15, -0.1) is 0 Å². The Hall–Kier alpha value is -0.380. The van der Waals surface area contributed by atoms with Gasteiger partial charge in [-0.25, -0.2) is 0 Å². The minimum Gasteiger partial charge on any atom is -0.392 e. The zero-order valence-electron chi connectivity index (χ0n) is 10.7. The molecular formula is C15H22BrNO. The topological polar surface area (TPSA) is 46.2 Å². The molecule has 1 aromatic rings. The van der Waals surface area contributed by atoms with Gasteiger partial charge in [0.2, 0.25) is 0 Å². The fourth-order valence-corrected chi connectivity index (χ4v) is 3.25. The first-order chi connectivity index (χ1) is 8.72. The van der Waals surface area contributed by atoms with Gasteiger partial charge in [-0.3, -0.25) is 0 Å². The Morgan fingerprint density at radius 2 is 1.78 bits per heavy atom. The van der Waals surface area contributed by atoms with Crippen LogP contribution in [0.25, 0.3) is 0 Å². The van der Waals surface area contributed by atoms with E-state index < -0.39 is 0 Å². The van der Waals surface area contributed by atoms with Crippen LogP contribution in [0, 0.1) is 5.92 Å². The third-order valence-corrected chi connectivity index (χ3v) is 4.63. The molecular weight excluding hydrogens is 290 g/mol. The molecule has 1 aliphatic carbocycles. The predicted octanol–water partition coefficient (Wildman–Crippen LogP) is 3.43. The highest BCUT2D eigenvalue weighted by Crippen LogP contribution is 2.33. The summed E-state index contributed by atoms with van der Waals surface area (Å²) >= 11 is 3.44. The molecule has 0 heterocycles. The average molecular weight is 312 g/mol. The molecule has 1 aliphatic rings. The lowest BCUT2D eigenvalue weighted by Gasteiger charge is -2.32. The molecule has 2 nitrogen and oxygen atoms in total. The Morgan fingerprint density at radius 1 is 1.17 bits per heavy atom. The summed E-state index contributed by atoms with van der Waals surface area (Å²) < 4.78 is 1.06. The fraction of sp³-hybridized carbons (Fsp3) is 0.600. The fourth-order valence-electron chi connectivity index (χ4n) is 2.99. The maximum absolute atomic E-state index is 10.6. The van der Waals surface area contributed by atoms with Crippen molar-refractivity contribution in [3.63, 3.8) is 0 Å². The third kappa shape index (κ3) is 3.34. The molecule has 2 unspecified atom stereocenters. The second-order valence-corrected chi connectivity index (χ2v) is 6.20. The molecule has 18 heavy (non-hydrogen) atoms. The standard InChI is InChI=1S/C15H22BrNO/c16-13-8-6-11(7-9-13)14(10-17)15(18)12-4-2-1-3-5-12/h6-9,12,14-15,18H,1-5,10,17H2. The van der Waals surface area contributed by atoms with Gasteiger partial charge >= 0.3 is 0 Å². The van der Waals surface area contributed by atoms with E-state index in [1.54, 1.807) is 0 Å². The van der Waals surface area contributed by atoms with Crippen LogP contribution in [0.5, 0.6) is 0 Å². The maximum atomic E-state index is 10.6. The van der Waals surface area contributed by atoms with Gasteiger partial charge in [0.15, 0.2) is 0 Å². The highest BCUT2D eigenvalue weighted by Gasteiger charge is 2.28. The summed E-state index contributed by atoms with van der Waals surface area (Å²) in [5.74, 6) is 0.497. The minimum absolute atomic E-state index is 0.0706. The number of aliphatic hydroxyl groups is 1. The number of hydrogen-bond donors (Lipinski definition) is 2. The molecule has 100 valence electrons. The highest BCUT2D eigenvalue weighted by molar-refractivity contribution is 9.10. The Kier molecular flexibility index (Phi) is 5.22. The van der Waals surface area contributed by atoms with Crippen molar-refractivity contribution in [3.8, 4) is 0 Å². The summed E-state index contributed by atoms with van der Waals surface area (Å²) in [4.78, 5) is 0. The van der Waals surface area contributed by atoms with Crippen LogP contribution >= 0.6 is 15.9 Å². The molecule has 0 spiro atoms. The van der Waals surface area contributed by atoms with Crippen LogP contribution in [0.15, 0.2) is 28.7 Å². The lowest BCUT2D eigenvalue weighted by atomic mass is 9.78. The SMILES string of the molecule is NCC(c1ccc(Br)cc1)C(O)C1CCCCC1. The molecule has 1 aromatic carbocycles. The molecule has 3 heteroatoms. The lowest BCUT2D eigenvalue weighted by Crippen LogP contribution is -2.33. The van der Waals surface area contributed by atoms with E-state index in [-0.39, 0.29) is 12.0 Å². The van der Waals surface area contributed by atoms with Gasteiger partial charge in [0.25, 0.3) is 0 Å².